The quantitative estimate of drug-likeness (QED) is 0.0118. The average molecular weight is 1230 g/mol. The predicted molar refractivity (Wildman–Crippen MR) is 232 cm³/mol. The Labute approximate surface area is 447 Å². The molecule has 7 amide bonds. The number of carbonyl (C=O) groups excluding carboxylic acids is 8. The SMILES string of the molecule is [CH2-]C(=O)N(CCNC(=O)C(CCCN=C(N)N)N(CCNC(C)C)C([CH2-])=O)CC(=O)NCCN(C([CH2-])=O)C(CCCN=C(N)N)C(=O)NCCN(CC(=O)C(C)(C)C)C([CH2-])=O.[Nb].[Nb].[Nb].[Nb]. The molecule has 2 atom stereocenters. The summed E-state index contributed by atoms with van der Waals surface area (Å²) in [6, 6.07) is -1.87. The van der Waals surface area contributed by atoms with E-state index in [4.69, 9.17) is 22.9 Å². The summed E-state index contributed by atoms with van der Waals surface area (Å²) >= 11 is 0. The van der Waals surface area contributed by atoms with Crippen LogP contribution in [0.1, 0.15) is 60.3 Å². The molecule has 0 saturated carbocycles. The van der Waals surface area contributed by atoms with E-state index < -0.39 is 65.4 Å². The van der Waals surface area contributed by atoms with Crippen LogP contribution >= 0.6 is 0 Å². The maximum Gasteiger partial charge on any atom is 0.242 e. The van der Waals surface area contributed by atoms with Crippen molar-refractivity contribution in [1.29, 1.82) is 0 Å². The molecule has 0 aromatic carbocycles. The van der Waals surface area contributed by atoms with Crippen molar-refractivity contribution in [1.82, 2.24) is 40.9 Å². The number of amides is 7. The number of hydrogen-bond acceptors (Lipinski definition) is 11. The number of ketones is 1. The number of Topliss-reactive ketones (excluding diaryl/α,β-unsaturated/α-hetero) is 1. The van der Waals surface area contributed by atoms with Crippen molar-refractivity contribution in [2.24, 2.45) is 38.3 Å². The standard InChI is InChI=1S/C39H70N14O8.4Nb/c1-26(2)44-18-22-52(29(5)56)31(12-10-14-48-37(40)41)35(60)47-17-21-51(28(4)55)25-34(59)45-19-23-53(30(6)57)32(13-11-15-49-38(42)43)36(61)46-16-20-50(27(3)54)24-33(58)39(7,8)9;;;;/h26,31-32,44H,3-6,10-25H2,1-2,7-9H3,(H,45,59)(H,46,61)(H,47,60)(H4,40,41,48)(H4,42,43,49);;;;/q-4;;;;. The van der Waals surface area contributed by atoms with Gasteiger partial charge in [0.15, 0.2) is 17.7 Å². The number of nitrogens with two attached hydrogens (primary N) is 4. The molecule has 0 spiro atoms. The van der Waals surface area contributed by atoms with Crippen molar-refractivity contribution in [3.05, 3.63) is 27.7 Å². The van der Waals surface area contributed by atoms with Gasteiger partial charge in [0.1, 0.15) is 12.1 Å². The topological polar surface area (TPSA) is 326 Å². The molecule has 0 aliphatic heterocycles. The molecule has 4 radical (unpaired) electrons. The van der Waals surface area contributed by atoms with Crippen molar-refractivity contribution in [2.75, 3.05) is 78.5 Å². The Kier molecular flexibility index (Phi) is 41.4. The van der Waals surface area contributed by atoms with Gasteiger partial charge in [-0.3, -0.25) is 29.2 Å². The zero-order valence-electron chi connectivity index (χ0n) is 38.4. The zero-order chi connectivity index (χ0) is 46.9. The first-order valence-electron chi connectivity index (χ1n) is 20.0. The van der Waals surface area contributed by atoms with Crippen molar-refractivity contribution < 1.29 is 128 Å². The van der Waals surface area contributed by atoms with Crippen LogP contribution in [0.25, 0.3) is 0 Å². The van der Waals surface area contributed by atoms with Crippen molar-refractivity contribution in [3.63, 3.8) is 0 Å². The number of nitrogens with one attached hydrogen (secondary N) is 4. The van der Waals surface area contributed by atoms with E-state index >= 15 is 0 Å². The summed E-state index contributed by atoms with van der Waals surface area (Å²) in [5.41, 5.74) is 21.0. The number of carbonyl (C=O) groups is 8. The first-order valence-corrected chi connectivity index (χ1v) is 20.0. The summed E-state index contributed by atoms with van der Waals surface area (Å²) < 4.78 is 0. The first kappa shape index (κ1) is 70.9. The monoisotopic (exact) mass is 1230 g/mol. The smallest absolute Gasteiger partial charge is 0.242 e. The summed E-state index contributed by atoms with van der Waals surface area (Å²) in [5.74, 6) is -4.78. The van der Waals surface area contributed by atoms with Gasteiger partial charge in [0.25, 0.3) is 0 Å². The van der Waals surface area contributed by atoms with Crippen LogP contribution in [0.15, 0.2) is 9.98 Å². The molecule has 0 saturated heterocycles. The van der Waals surface area contributed by atoms with E-state index in [9.17, 15) is 38.4 Å². The van der Waals surface area contributed by atoms with Crippen LogP contribution in [0.4, 0.5) is 0 Å². The van der Waals surface area contributed by atoms with Crippen LogP contribution in [0.5, 0.6) is 0 Å². The maximum absolute atomic E-state index is 13.5. The minimum Gasteiger partial charge on any atom is -0.370 e. The Morgan fingerprint density at radius 3 is 1.26 bits per heavy atom. The van der Waals surface area contributed by atoms with Gasteiger partial charge in [-0.1, -0.05) is 34.6 Å². The Balaban J connectivity index is -0.00000300. The van der Waals surface area contributed by atoms with E-state index in [1.807, 2.05) is 13.8 Å². The normalized spacial score (nSPS) is 11.2. The van der Waals surface area contributed by atoms with E-state index in [-0.39, 0.29) is 198 Å². The van der Waals surface area contributed by atoms with E-state index in [1.54, 1.807) is 20.8 Å². The first-order chi connectivity index (χ1) is 28.4. The second kappa shape index (κ2) is 37.9. The summed E-state index contributed by atoms with van der Waals surface area (Å²) in [6.45, 7) is 22.6. The van der Waals surface area contributed by atoms with Gasteiger partial charge < -0.3 is 111 Å². The van der Waals surface area contributed by atoms with Gasteiger partial charge in [0.2, 0.25) is 17.7 Å². The molecule has 0 aliphatic rings. The van der Waals surface area contributed by atoms with Gasteiger partial charge in [0, 0.05) is 166 Å². The number of rotatable bonds is 29. The van der Waals surface area contributed by atoms with E-state index in [0.717, 1.165) is 9.80 Å². The van der Waals surface area contributed by atoms with Crippen molar-refractivity contribution >= 4 is 59.1 Å². The summed E-state index contributed by atoms with van der Waals surface area (Å²) in [5, 5.41) is 11.2. The predicted octanol–water partition coefficient (Wildman–Crippen LogP) is -3.57. The Hall–Kier alpha value is -3.10. The Morgan fingerprint density at radius 2 is 0.923 bits per heavy atom. The number of nitrogens with zero attached hydrogens (tertiary/aromatic N) is 6. The molecule has 22 nitrogen and oxygen atoms in total. The fourth-order valence-corrected chi connectivity index (χ4v) is 5.63. The van der Waals surface area contributed by atoms with E-state index in [1.165, 1.54) is 9.80 Å². The number of guanidine groups is 2. The van der Waals surface area contributed by atoms with Gasteiger partial charge >= 0.3 is 0 Å². The van der Waals surface area contributed by atoms with Crippen LogP contribution in [0.2, 0.25) is 0 Å². The Bertz CT molecular complexity index is 1540. The fourth-order valence-electron chi connectivity index (χ4n) is 5.63. The third kappa shape index (κ3) is 32.3. The molecular formula is C39H70N14Nb4O8-4. The van der Waals surface area contributed by atoms with Crippen LogP contribution in [0.3, 0.4) is 0 Å². The molecule has 0 aromatic rings. The van der Waals surface area contributed by atoms with Crippen molar-refractivity contribution in [2.45, 2.75) is 78.4 Å². The van der Waals surface area contributed by atoms with Gasteiger partial charge in [-0.15, -0.1) is 0 Å². The van der Waals surface area contributed by atoms with Gasteiger partial charge in [-0.2, -0.15) is 0 Å². The van der Waals surface area contributed by atoms with Crippen LogP contribution in [0, 0.1) is 33.1 Å². The fraction of sp³-hybridized carbons (Fsp3) is 0.641. The molecule has 65 heavy (non-hydrogen) atoms. The summed E-state index contributed by atoms with van der Waals surface area (Å²) in [6.07, 6.45) is 0.971. The minimum atomic E-state index is -1.09. The third-order valence-corrected chi connectivity index (χ3v) is 9.01. The van der Waals surface area contributed by atoms with E-state index in [2.05, 4.69) is 58.9 Å². The molecule has 0 heterocycles. The second-order valence-corrected chi connectivity index (χ2v) is 15.4. The van der Waals surface area contributed by atoms with Gasteiger partial charge in [0.05, 0.1) is 36.7 Å². The molecule has 368 valence electrons. The molecule has 0 rings (SSSR count). The molecule has 2 unspecified atom stereocenters. The molecule has 0 aromatic heterocycles. The molecule has 0 bridgehead atoms. The molecule has 0 fully saturated rings. The molecule has 26 heteroatoms. The minimum absolute atomic E-state index is 0. The van der Waals surface area contributed by atoms with Crippen LogP contribution < -0.4 is 44.2 Å². The molecular weight excluding hydrogens is 1160 g/mol. The van der Waals surface area contributed by atoms with Gasteiger partial charge in [-0.05, 0) is 25.7 Å². The zero-order valence-corrected chi connectivity index (χ0v) is 47.2. The third-order valence-electron chi connectivity index (χ3n) is 9.01. The number of hydrogen-bond donors (Lipinski definition) is 8. The maximum atomic E-state index is 13.5. The van der Waals surface area contributed by atoms with Gasteiger partial charge in [-0.25, -0.2) is 0 Å². The Morgan fingerprint density at radius 1 is 0.554 bits per heavy atom. The van der Waals surface area contributed by atoms with Crippen molar-refractivity contribution in [3.8, 4) is 0 Å². The van der Waals surface area contributed by atoms with Crippen LogP contribution in [-0.2, 0) is 128 Å². The summed E-state index contributed by atoms with van der Waals surface area (Å²) in [7, 11) is 0. The van der Waals surface area contributed by atoms with Crippen LogP contribution in [-0.4, -0.2) is 175 Å². The number of aliphatic imine (C=N–C) groups is 2. The summed E-state index contributed by atoms with van der Waals surface area (Å²) in [4.78, 5) is 115. The molecule has 12 N–H and O–H groups in total. The second-order valence-electron chi connectivity index (χ2n) is 15.4. The van der Waals surface area contributed by atoms with E-state index in [0.29, 0.717) is 13.0 Å². The average Bonchev–Trinajstić information content (AvgIpc) is 3.13. The largest absolute Gasteiger partial charge is 0.370 e. The molecule has 0 aliphatic carbocycles.